The molecule has 1 aromatic rings. The summed E-state index contributed by atoms with van der Waals surface area (Å²) in [5.74, 6) is -0.241. The molecule has 120 valence electrons. The van der Waals surface area contributed by atoms with Crippen LogP contribution >= 0.6 is 12.2 Å². The van der Waals surface area contributed by atoms with Crippen LogP contribution in [0.3, 0.4) is 0 Å². The van der Waals surface area contributed by atoms with E-state index >= 15 is 0 Å². The first-order valence-electron chi connectivity index (χ1n) is 7.35. The van der Waals surface area contributed by atoms with Gasteiger partial charge in [-0.15, -0.1) is 0 Å². The first kappa shape index (κ1) is 16.9. The standard InChI is InChI=1S/C16H22N2O3S/c1-11-8-13(9-19)16(2,10-21-11)18-15(22)17-14(20)12-6-4-3-5-7-12/h3-7,11,13,19H,8-10H2,1-2H3,(H2,17,18,20,22)/t11-,13-,16-/m0/s1. The van der Waals surface area contributed by atoms with Crippen LogP contribution in [0.1, 0.15) is 30.6 Å². The van der Waals surface area contributed by atoms with Gasteiger partial charge < -0.3 is 15.2 Å². The van der Waals surface area contributed by atoms with Crippen molar-refractivity contribution in [3.8, 4) is 0 Å². The molecule has 0 saturated carbocycles. The lowest BCUT2D eigenvalue weighted by Gasteiger charge is -2.43. The van der Waals surface area contributed by atoms with E-state index in [-0.39, 0.29) is 29.6 Å². The summed E-state index contributed by atoms with van der Waals surface area (Å²) in [4.78, 5) is 12.1. The molecule has 22 heavy (non-hydrogen) atoms. The number of carbonyl (C=O) groups is 1. The maximum absolute atomic E-state index is 12.1. The number of thiocarbonyl (C=S) groups is 1. The summed E-state index contributed by atoms with van der Waals surface area (Å²) in [5.41, 5.74) is 0.0477. The molecule has 0 aliphatic carbocycles. The lowest BCUT2D eigenvalue weighted by Crippen LogP contribution is -2.61. The quantitative estimate of drug-likeness (QED) is 0.735. The number of aliphatic hydroxyl groups excluding tert-OH is 1. The topological polar surface area (TPSA) is 70.6 Å². The van der Waals surface area contributed by atoms with Crippen LogP contribution in [-0.2, 0) is 4.74 Å². The summed E-state index contributed by atoms with van der Waals surface area (Å²) >= 11 is 5.23. The van der Waals surface area contributed by atoms with Gasteiger partial charge in [0.05, 0.1) is 18.2 Å². The molecule has 0 bridgehead atoms. The Hall–Kier alpha value is -1.50. The van der Waals surface area contributed by atoms with Crippen molar-refractivity contribution < 1.29 is 14.6 Å². The third kappa shape index (κ3) is 4.03. The minimum absolute atomic E-state index is 0.0165. The smallest absolute Gasteiger partial charge is 0.257 e. The van der Waals surface area contributed by atoms with Gasteiger partial charge in [0.15, 0.2) is 5.11 Å². The molecule has 0 radical (unpaired) electrons. The minimum Gasteiger partial charge on any atom is -0.396 e. The summed E-state index contributed by atoms with van der Waals surface area (Å²) in [6.45, 7) is 4.41. The van der Waals surface area contributed by atoms with Crippen molar-refractivity contribution in [3.63, 3.8) is 0 Å². The van der Waals surface area contributed by atoms with Crippen LogP contribution in [0.2, 0.25) is 0 Å². The Morgan fingerprint density at radius 1 is 1.45 bits per heavy atom. The number of ether oxygens (including phenoxy) is 1. The molecule has 0 spiro atoms. The van der Waals surface area contributed by atoms with Crippen LogP contribution in [-0.4, -0.2) is 41.0 Å². The van der Waals surface area contributed by atoms with Crippen molar-refractivity contribution in [2.75, 3.05) is 13.2 Å². The fraction of sp³-hybridized carbons (Fsp3) is 0.500. The number of benzene rings is 1. The lowest BCUT2D eigenvalue weighted by atomic mass is 9.81. The first-order valence-corrected chi connectivity index (χ1v) is 7.76. The maximum Gasteiger partial charge on any atom is 0.257 e. The van der Waals surface area contributed by atoms with Crippen LogP contribution in [0.25, 0.3) is 0 Å². The number of hydrogen-bond donors (Lipinski definition) is 3. The van der Waals surface area contributed by atoms with Crippen LogP contribution in [0.4, 0.5) is 0 Å². The number of carbonyl (C=O) groups excluding carboxylic acids is 1. The Bertz CT molecular complexity index is 537. The Morgan fingerprint density at radius 3 is 2.77 bits per heavy atom. The van der Waals surface area contributed by atoms with Gasteiger partial charge in [0.1, 0.15) is 0 Å². The highest BCUT2D eigenvalue weighted by molar-refractivity contribution is 7.80. The van der Waals surface area contributed by atoms with Crippen LogP contribution in [0, 0.1) is 5.92 Å². The molecular weight excluding hydrogens is 300 g/mol. The van der Waals surface area contributed by atoms with Crippen LogP contribution in [0.5, 0.6) is 0 Å². The molecule has 1 saturated heterocycles. The predicted molar refractivity (Wildman–Crippen MR) is 88.7 cm³/mol. The van der Waals surface area contributed by atoms with E-state index in [1.807, 2.05) is 19.9 Å². The zero-order chi connectivity index (χ0) is 16.2. The first-order chi connectivity index (χ1) is 10.4. The summed E-state index contributed by atoms with van der Waals surface area (Å²) in [7, 11) is 0. The van der Waals surface area contributed by atoms with E-state index in [1.54, 1.807) is 24.3 Å². The van der Waals surface area contributed by atoms with E-state index in [0.29, 0.717) is 12.2 Å². The van der Waals surface area contributed by atoms with E-state index in [4.69, 9.17) is 17.0 Å². The predicted octanol–water partition coefficient (Wildman–Crippen LogP) is 1.47. The molecule has 1 amide bonds. The van der Waals surface area contributed by atoms with Crippen molar-refractivity contribution in [1.82, 2.24) is 10.6 Å². The van der Waals surface area contributed by atoms with Crippen molar-refractivity contribution in [2.45, 2.75) is 31.9 Å². The second kappa shape index (κ2) is 7.17. The van der Waals surface area contributed by atoms with E-state index in [0.717, 1.165) is 6.42 Å². The fourth-order valence-corrected chi connectivity index (χ4v) is 2.96. The average Bonchev–Trinajstić information content (AvgIpc) is 2.50. The molecule has 3 atom stereocenters. The molecule has 2 rings (SSSR count). The SMILES string of the molecule is C[C@H]1C[C@@H](CO)[C@@](C)(NC(=S)NC(=O)c2ccccc2)CO1. The van der Waals surface area contributed by atoms with Crippen molar-refractivity contribution >= 4 is 23.2 Å². The van der Waals surface area contributed by atoms with Gasteiger partial charge in [-0.3, -0.25) is 10.1 Å². The second-order valence-electron chi connectivity index (χ2n) is 5.93. The number of aliphatic hydroxyl groups is 1. The van der Waals surface area contributed by atoms with Gasteiger partial charge in [-0.05, 0) is 44.6 Å². The fourth-order valence-electron chi connectivity index (χ4n) is 2.63. The highest BCUT2D eigenvalue weighted by atomic mass is 32.1. The van der Waals surface area contributed by atoms with E-state index < -0.39 is 5.54 Å². The molecule has 1 fully saturated rings. The molecule has 1 aliphatic rings. The molecule has 6 heteroatoms. The number of amides is 1. The Labute approximate surface area is 136 Å². The van der Waals surface area contributed by atoms with Crippen molar-refractivity contribution in [2.24, 2.45) is 5.92 Å². The lowest BCUT2D eigenvalue weighted by molar-refractivity contribution is -0.0651. The Kier molecular flexibility index (Phi) is 5.50. The zero-order valence-electron chi connectivity index (χ0n) is 12.8. The van der Waals surface area contributed by atoms with E-state index in [9.17, 15) is 9.90 Å². The van der Waals surface area contributed by atoms with Gasteiger partial charge >= 0.3 is 0 Å². The highest BCUT2D eigenvalue weighted by Gasteiger charge is 2.40. The molecule has 1 aliphatic heterocycles. The van der Waals surface area contributed by atoms with Gasteiger partial charge in [-0.1, -0.05) is 18.2 Å². The zero-order valence-corrected chi connectivity index (χ0v) is 13.7. The monoisotopic (exact) mass is 322 g/mol. The third-order valence-electron chi connectivity index (χ3n) is 4.07. The second-order valence-corrected chi connectivity index (χ2v) is 6.34. The largest absolute Gasteiger partial charge is 0.396 e. The maximum atomic E-state index is 12.1. The number of nitrogens with one attached hydrogen (secondary N) is 2. The number of rotatable bonds is 3. The molecule has 1 heterocycles. The van der Waals surface area contributed by atoms with Gasteiger partial charge in [0.25, 0.3) is 5.91 Å². The minimum atomic E-state index is -0.498. The van der Waals surface area contributed by atoms with Gasteiger partial charge in [-0.2, -0.15) is 0 Å². The molecule has 3 N–H and O–H groups in total. The molecular formula is C16H22N2O3S. The summed E-state index contributed by atoms with van der Waals surface area (Å²) in [6.07, 6.45) is 0.856. The summed E-state index contributed by atoms with van der Waals surface area (Å²) in [5, 5.41) is 15.6. The van der Waals surface area contributed by atoms with Crippen molar-refractivity contribution in [3.05, 3.63) is 35.9 Å². The average molecular weight is 322 g/mol. The number of hydrogen-bond acceptors (Lipinski definition) is 4. The van der Waals surface area contributed by atoms with Crippen LogP contribution in [0.15, 0.2) is 30.3 Å². The highest BCUT2D eigenvalue weighted by Crippen LogP contribution is 2.28. The van der Waals surface area contributed by atoms with Gasteiger partial charge in [-0.25, -0.2) is 0 Å². The molecule has 0 unspecified atom stereocenters. The van der Waals surface area contributed by atoms with E-state index in [2.05, 4.69) is 10.6 Å². The summed E-state index contributed by atoms with van der Waals surface area (Å²) in [6, 6.07) is 8.89. The Morgan fingerprint density at radius 2 is 2.14 bits per heavy atom. The van der Waals surface area contributed by atoms with Crippen LogP contribution < -0.4 is 10.6 Å². The molecule has 1 aromatic carbocycles. The normalized spacial score (nSPS) is 28.0. The molecule has 5 nitrogen and oxygen atoms in total. The summed E-state index contributed by atoms with van der Waals surface area (Å²) < 4.78 is 5.67. The van der Waals surface area contributed by atoms with Crippen molar-refractivity contribution in [1.29, 1.82) is 0 Å². The third-order valence-corrected chi connectivity index (χ3v) is 4.27. The molecule has 0 aromatic heterocycles. The van der Waals surface area contributed by atoms with Gasteiger partial charge in [0.2, 0.25) is 0 Å². The Balaban J connectivity index is 1.97. The van der Waals surface area contributed by atoms with Gasteiger partial charge in [0, 0.05) is 18.1 Å². The van der Waals surface area contributed by atoms with E-state index in [1.165, 1.54) is 0 Å².